The van der Waals surface area contributed by atoms with Crippen LogP contribution in [0.25, 0.3) is 0 Å². The molecule has 1 heterocycles. The molecule has 21 heavy (non-hydrogen) atoms. The lowest BCUT2D eigenvalue weighted by atomic mass is 9.85. The Balaban J connectivity index is 0.00000400. The van der Waals surface area contributed by atoms with Gasteiger partial charge in [0.1, 0.15) is 0 Å². The summed E-state index contributed by atoms with van der Waals surface area (Å²) < 4.78 is 0. The molecular weight excluding hydrogens is 290 g/mol. The predicted molar refractivity (Wildman–Crippen MR) is 87.5 cm³/mol. The number of piperidine rings is 1. The molecule has 1 fully saturated rings. The summed E-state index contributed by atoms with van der Waals surface area (Å²) in [6.45, 7) is 10.0. The van der Waals surface area contributed by atoms with E-state index in [0.717, 1.165) is 13.1 Å². The van der Waals surface area contributed by atoms with Gasteiger partial charge in [-0.2, -0.15) is 0 Å². The van der Waals surface area contributed by atoms with Crippen molar-refractivity contribution in [2.24, 2.45) is 11.8 Å². The van der Waals surface area contributed by atoms with E-state index in [1.807, 2.05) is 20.8 Å². The summed E-state index contributed by atoms with van der Waals surface area (Å²) >= 11 is 0. The molecule has 0 spiro atoms. The van der Waals surface area contributed by atoms with Crippen LogP contribution >= 0.6 is 12.4 Å². The molecule has 2 unspecified atom stereocenters. The molecule has 0 bridgehead atoms. The van der Waals surface area contributed by atoms with Crippen LogP contribution in [0, 0.1) is 11.8 Å². The molecular formula is C15H30ClN3O2. The number of amides is 2. The lowest BCUT2D eigenvalue weighted by Crippen LogP contribution is -2.46. The predicted octanol–water partition coefficient (Wildman–Crippen LogP) is 1.46. The highest BCUT2D eigenvalue weighted by Gasteiger charge is 2.22. The molecule has 124 valence electrons. The second kappa shape index (κ2) is 9.26. The van der Waals surface area contributed by atoms with Crippen molar-refractivity contribution < 1.29 is 9.59 Å². The molecule has 5 nitrogen and oxygen atoms in total. The van der Waals surface area contributed by atoms with E-state index >= 15 is 0 Å². The third-order valence-electron chi connectivity index (χ3n) is 3.61. The highest BCUT2D eigenvalue weighted by Crippen LogP contribution is 2.22. The molecule has 0 aromatic rings. The molecule has 2 atom stereocenters. The number of halogens is 1. The van der Waals surface area contributed by atoms with Gasteiger partial charge in [0, 0.05) is 12.0 Å². The highest BCUT2D eigenvalue weighted by molar-refractivity contribution is 5.85. The van der Waals surface area contributed by atoms with Crippen molar-refractivity contribution >= 4 is 24.2 Å². The number of carbonyl (C=O) groups is 2. The van der Waals surface area contributed by atoms with E-state index < -0.39 is 0 Å². The van der Waals surface area contributed by atoms with Gasteiger partial charge < -0.3 is 16.0 Å². The molecule has 3 N–H and O–H groups in total. The van der Waals surface area contributed by atoms with Crippen LogP contribution in [0.1, 0.15) is 47.0 Å². The number of carbonyl (C=O) groups excluding carboxylic acids is 2. The van der Waals surface area contributed by atoms with Gasteiger partial charge in [0.15, 0.2) is 0 Å². The summed E-state index contributed by atoms with van der Waals surface area (Å²) in [5.41, 5.74) is -0.261. The van der Waals surface area contributed by atoms with Crippen LogP contribution in [0.5, 0.6) is 0 Å². The fourth-order valence-electron chi connectivity index (χ4n) is 2.54. The van der Waals surface area contributed by atoms with Crippen molar-refractivity contribution in [1.29, 1.82) is 0 Å². The lowest BCUT2D eigenvalue weighted by Gasteiger charge is -2.28. The Kier molecular flexibility index (Phi) is 8.90. The lowest BCUT2D eigenvalue weighted by molar-refractivity contribution is -0.127. The average Bonchev–Trinajstić information content (AvgIpc) is 2.35. The first-order valence-electron chi connectivity index (χ1n) is 7.56. The number of hydrogen-bond donors (Lipinski definition) is 3. The first-order chi connectivity index (χ1) is 9.28. The molecule has 1 aliphatic rings. The van der Waals surface area contributed by atoms with Crippen molar-refractivity contribution in [3.8, 4) is 0 Å². The van der Waals surface area contributed by atoms with E-state index in [0.29, 0.717) is 18.3 Å². The van der Waals surface area contributed by atoms with Gasteiger partial charge in [-0.1, -0.05) is 6.92 Å². The summed E-state index contributed by atoms with van der Waals surface area (Å²) in [4.78, 5) is 23.5. The largest absolute Gasteiger partial charge is 0.350 e. The summed E-state index contributed by atoms with van der Waals surface area (Å²) in [5, 5.41) is 8.90. The second-order valence-electron chi connectivity index (χ2n) is 6.86. The van der Waals surface area contributed by atoms with Gasteiger partial charge >= 0.3 is 0 Å². The molecule has 1 rings (SSSR count). The monoisotopic (exact) mass is 319 g/mol. The van der Waals surface area contributed by atoms with Crippen molar-refractivity contribution in [2.75, 3.05) is 19.6 Å². The maximum atomic E-state index is 11.9. The molecule has 6 heteroatoms. The molecule has 0 saturated carbocycles. The minimum Gasteiger partial charge on any atom is -0.350 e. The van der Waals surface area contributed by atoms with E-state index in [1.165, 1.54) is 12.8 Å². The Morgan fingerprint density at radius 2 is 1.95 bits per heavy atom. The average molecular weight is 320 g/mol. The zero-order chi connectivity index (χ0) is 15.2. The fraction of sp³-hybridized carbons (Fsp3) is 0.867. The first-order valence-corrected chi connectivity index (χ1v) is 7.56. The Morgan fingerprint density at radius 3 is 2.48 bits per heavy atom. The summed E-state index contributed by atoms with van der Waals surface area (Å²) in [7, 11) is 0. The third-order valence-corrected chi connectivity index (χ3v) is 3.61. The van der Waals surface area contributed by atoms with Crippen LogP contribution < -0.4 is 16.0 Å². The van der Waals surface area contributed by atoms with Crippen molar-refractivity contribution in [1.82, 2.24) is 16.0 Å². The number of rotatable bonds is 5. The Bertz CT molecular complexity index is 336. The Hall–Kier alpha value is -0.810. The van der Waals surface area contributed by atoms with E-state index in [2.05, 4.69) is 22.9 Å². The number of nitrogens with one attached hydrogen (secondary N) is 3. The van der Waals surface area contributed by atoms with Crippen molar-refractivity contribution in [2.45, 2.75) is 52.5 Å². The topological polar surface area (TPSA) is 70.2 Å². The van der Waals surface area contributed by atoms with Gasteiger partial charge in [0.05, 0.1) is 6.54 Å². The van der Waals surface area contributed by atoms with Crippen LogP contribution in [0.2, 0.25) is 0 Å². The van der Waals surface area contributed by atoms with Gasteiger partial charge in [-0.05, 0) is 58.5 Å². The van der Waals surface area contributed by atoms with Crippen LogP contribution in [0.3, 0.4) is 0 Å². The fourth-order valence-corrected chi connectivity index (χ4v) is 2.54. The molecule has 0 aromatic carbocycles. The van der Waals surface area contributed by atoms with Gasteiger partial charge in [-0.15, -0.1) is 12.4 Å². The molecule has 0 radical (unpaired) electrons. The number of hydrogen-bond acceptors (Lipinski definition) is 3. The smallest absolute Gasteiger partial charge is 0.239 e. The van der Waals surface area contributed by atoms with Crippen LogP contribution in [-0.4, -0.2) is 37.0 Å². The Labute approximate surface area is 134 Å². The SMILES string of the molecule is CC(CC(=O)NCC(=O)NC(C)(C)C)C1CCCNC1.Cl. The van der Waals surface area contributed by atoms with Gasteiger partial charge in [-0.3, -0.25) is 9.59 Å². The van der Waals surface area contributed by atoms with Crippen LogP contribution in [0.15, 0.2) is 0 Å². The van der Waals surface area contributed by atoms with Gasteiger partial charge in [0.2, 0.25) is 11.8 Å². The summed E-state index contributed by atoms with van der Waals surface area (Å²) in [6.07, 6.45) is 2.87. The van der Waals surface area contributed by atoms with Gasteiger partial charge in [0.25, 0.3) is 0 Å². The van der Waals surface area contributed by atoms with Gasteiger partial charge in [-0.25, -0.2) is 0 Å². The molecule has 0 aliphatic carbocycles. The zero-order valence-electron chi connectivity index (χ0n) is 13.6. The van der Waals surface area contributed by atoms with E-state index in [9.17, 15) is 9.59 Å². The molecule has 2 amide bonds. The maximum Gasteiger partial charge on any atom is 0.239 e. The van der Waals surface area contributed by atoms with E-state index in [4.69, 9.17) is 0 Å². The minimum atomic E-state index is -0.261. The highest BCUT2D eigenvalue weighted by atomic mass is 35.5. The van der Waals surface area contributed by atoms with E-state index in [-0.39, 0.29) is 36.3 Å². The zero-order valence-corrected chi connectivity index (χ0v) is 14.4. The van der Waals surface area contributed by atoms with Crippen molar-refractivity contribution in [3.05, 3.63) is 0 Å². The quantitative estimate of drug-likeness (QED) is 0.718. The summed E-state index contributed by atoms with van der Waals surface area (Å²) in [6, 6.07) is 0. The minimum absolute atomic E-state index is 0. The third kappa shape index (κ3) is 8.94. The maximum absolute atomic E-state index is 11.9. The molecule has 0 aromatic heterocycles. The van der Waals surface area contributed by atoms with Crippen LogP contribution in [0.4, 0.5) is 0 Å². The Morgan fingerprint density at radius 1 is 1.29 bits per heavy atom. The molecule has 1 aliphatic heterocycles. The van der Waals surface area contributed by atoms with Crippen LogP contribution in [-0.2, 0) is 9.59 Å². The second-order valence-corrected chi connectivity index (χ2v) is 6.86. The first kappa shape index (κ1) is 20.2. The van der Waals surface area contributed by atoms with E-state index in [1.54, 1.807) is 0 Å². The summed E-state index contributed by atoms with van der Waals surface area (Å²) in [5.74, 6) is 0.747. The van der Waals surface area contributed by atoms with Crippen molar-refractivity contribution in [3.63, 3.8) is 0 Å². The normalized spacial score (nSPS) is 20.1. The molecule has 1 saturated heterocycles. The standard InChI is InChI=1S/C15H29N3O2.ClH/c1-11(12-6-5-7-16-9-12)8-13(19)17-10-14(20)18-15(2,3)4;/h11-12,16H,5-10H2,1-4H3,(H,17,19)(H,18,20);1H.